The molecule has 0 bridgehead atoms. The van der Waals surface area contributed by atoms with E-state index in [2.05, 4.69) is 17.4 Å². The minimum atomic E-state index is -0.191. The summed E-state index contributed by atoms with van der Waals surface area (Å²) in [4.78, 5) is 38.8. The van der Waals surface area contributed by atoms with Crippen LogP contribution in [-0.2, 0) is 4.79 Å². The summed E-state index contributed by atoms with van der Waals surface area (Å²) in [5.41, 5.74) is 2.21. The van der Waals surface area contributed by atoms with Gasteiger partial charge in [-0.05, 0) is 49.3 Å². The molecule has 1 aliphatic heterocycles. The molecule has 2 aromatic carbocycles. The van der Waals surface area contributed by atoms with E-state index in [1.165, 1.54) is 36.1 Å². The molecule has 1 saturated carbocycles. The minimum Gasteiger partial charge on any atom is -0.349 e. The molecule has 3 amide bonds. The Morgan fingerprint density at radius 1 is 0.844 bits per heavy atom. The largest absolute Gasteiger partial charge is 0.349 e. The third kappa shape index (κ3) is 5.09. The zero-order valence-corrected chi connectivity index (χ0v) is 18.6. The fraction of sp³-hybridized carbons (Fsp3) is 0.444. The molecule has 0 spiro atoms. The normalized spacial score (nSPS) is 16.9. The molecule has 32 heavy (non-hydrogen) atoms. The lowest BCUT2D eigenvalue weighted by molar-refractivity contribution is -0.122. The molecule has 0 aromatic heterocycles. The van der Waals surface area contributed by atoms with Crippen LogP contribution >= 0.6 is 0 Å². The average molecular weight is 433 g/mol. The van der Waals surface area contributed by atoms with Crippen molar-refractivity contribution in [3.63, 3.8) is 0 Å². The van der Waals surface area contributed by atoms with Crippen LogP contribution in [0.5, 0.6) is 0 Å². The molecular weight excluding hydrogens is 400 g/mol. The van der Waals surface area contributed by atoms with Gasteiger partial charge in [-0.2, -0.15) is 0 Å². The maximum Gasteiger partial charge on any atom is 0.261 e. The van der Waals surface area contributed by atoms with E-state index in [0.29, 0.717) is 30.0 Å². The number of rotatable bonds is 10. The van der Waals surface area contributed by atoms with E-state index < -0.39 is 0 Å². The second-order valence-corrected chi connectivity index (χ2v) is 8.97. The number of nitrogens with zero attached hydrogens (tertiary/aromatic N) is 1. The lowest BCUT2D eigenvalue weighted by atomic mass is 9.91. The van der Waals surface area contributed by atoms with Crippen LogP contribution in [0.15, 0.2) is 54.6 Å². The Kier molecular flexibility index (Phi) is 7.35. The fourth-order valence-electron chi connectivity index (χ4n) is 5.02. The van der Waals surface area contributed by atoms with E-state index in [0.717, 1.165) is 25.7 Å². The Morgan fingerprint density at radius 2 is 1.44 bits per heavy atom. The first kappa shape index (κ1) is 22.3. The van der Waals surface area contributed by atoms with Crippen LogP contribution in [0.4, 0.5) is 0 Å². The minimum absolute atomic E-state index is 0.111. The number of nitrogens with one attached hydrogen (secondary N) is 1. The zero-order chi connectivity index (χ0) is 22.3. The lowest BCUT2D eigenvalue weighted by Crippen LogP contribution is -2.32. The molecule has 1 N–H and O–H groups in total. The third-order valence-corrected chi connectivity index (χ3v) is 6.76. The Balaban J connectivity index is 1.18. The number of unbranched alkanes of at least 4 members (excludes halogenated alkanes) is 3. The quantitative estimate of drug-likeness (QED) is 0.410. The smallest absolute Gasteiger partial charge is 0.261 e. The SMILES string of the molecule is O=C(CCCCCCN1C(=O)c2ccccc2C1=O)NC(c1ccccc1)C1CCCC1. The van der Waals surface area contributed by atoms with Gasteiger partial charge in [0.05, 0.1) is 17.2 Å². The molecule has 1 aliphatic carbocycles. The third-order valence-electron chi connectivity index (χ3n) is 6.76. The molecule has 4 rings (SSSR count). The van der Waals surface area contributed by atoms with E-state index in [9.17, 15) is 14.4 Å². The number of hydrogen-bond acceptors (Lipinski definition) is 3. The number of carbonyl (C=O) groups excluding carboxylic acids is 3. The van der Waals surface area contributed by atoms with Crippen LogP contribution in [0.2, 0.25) is 0 Å². The maximum absolute atomic E-state index is 12.6. The van der Waals surface area contributed by atoms with E-state index in [1.54, 1.807) is 24.3 Å². The molecule has 0 saturated heterocycles. The first-order chi connectivity index (χ1) is 15.6. The highest BCUT2D eigenvalue weighted by Gasteiger charge is 2.34. The Hall–Kier alpha value is -2.95. The van der Waals surface area contributed by atoms with Crippen molar-refractivity contribution in [2.75, 3.05) is 6.54 Å². The van der Waals surface area contributed by atoms with Gasteiger partial charge in [0.2, 0.25) is 5.91 Å². The lowest BCUT2D eigenvalue weighted by Gasteiger charge is -2.25. The molecule has 2 aliphatic rings. The number of carbonyl (C=O) groups is 3. The standard InChI is InChI=1S/C27H32N2O3/c30-24(28-25(21-14-7-8-15-21)20-12-4-3-5-13-20)18-6-1-2-11-19-29-26(31)22-16-9-10-17-23(22)27(29)32/h3-5,9-10,12-13,16-17,21,25H,1-2,6-8,11,14-15,18-19H2,(H,28,30). The van der Waals surface area contributed by atoms with Gasteiger partial charge in [-0.15, -0.1) is 0 Å². The number of benzene rings is 2. The molecule has 5 nitrogen and oxygen atoms in total. The summed E-state index contributed by atoms with van der Waals surface area (Å²) >= 11 is 0. The molecular formula is C27H32N2O3. The molecule has 168 valence electrons. The van der Waals surface area contributed by atoms with Crippen LogP contribution < -0.4 is 5.32 Å². The van der Waals surface area contributed by atoms with Crippen LogP contribution in [0.25, 0.3) is 0 Å². The van der Waals surface area contributed by atoms with Gasteiger partial charge >= 0.3 is 0 Å². The van der Waals surface area contributed by atoms with Crippen molar-refractivity contribution in [2.45, 2.75) is 63.8 Å². The Labute approximate surface area is 190 Å². The van der Waals surface area contributed by atoms with Crippen LogP contribution in [0.1, 0.15) is 90.1 Å². The summed E-state index contributed by atoms with van der Waals surface area (Å²) in [6, 6.07) is 17.4. The highest BCUT2D eigenvalue weighted by Crippen LogP contribution is 2.35. The summed E-state index contributed by atoms with van der Waals surface area (Å²) in [7, 11) is 0. The second-order valence-electron chi connectivity index (χ2n) is 8.97. The monoisotopic (exact) mass is 432 g/mol. The Morgan fingerprint density at radius 3 is 2.09 bits per heavy atom. The molecule has 1 fully saturated rings. The second kappa shape index (κ2) is 10.6. The van der Waals surface area contributed by atoms with Gasteiger partial charge in [0.1, 0.15) is 0 Å². The summed E-state index contributed by atoms with van der Waals surface area (Å²) < 4.78 is 0. The van der Waals surface area contributed by atoms with Crippen molar-refractivity contribution in [2.24, 2.45) is 5.92 Å². The van der Waals surface area contributed by atoms with Crippen molar-refractivity contribution >= 4 is 17.7 Å². The van der Waals surface area contributed by atoms with Gasteiger partial charge in [-0.1, -0.05) is 68.1 Å². The average Bonchev–Trinajstić information content (AvgIpc) is 3.43. The Bertz CT molecular complexity index is 915. The highest BCUT2D eigenvalue weighted by atomic mass is 16.2. The van der Waals surface area contributed by atoms with Gasteiger partial charge in [-0.3, -0.25) is 19.3 Å². The first-order valence-corrected chi connectivity index (χ1v) is 11.9. The maximum atomic E-state index is 12.6. The summed E-state index contributed by atoms with van der Waals surface area (Å²) in [6.07, 6.45) is 8.76. The number of imide groups is 1. The topological polar surface area (TPSA) is 66.5 Å². The van der Waals surface area contributed by atoms with E-state index in [-0.39, 0.29) is 23.8 Å². The van der Waals surface area contributed by atoms with Gasteiger partial charge in [0.15, 0.2) is 0 Å². The van der Waals surface area contributed by atoms with Gasteiger partial charge in [-0.25, -0.2) is 0 Å². The molecule has 0 radical (unpaired) electrons. The van der Waals surface area contributed by atoms with E-state index in [1.807, 2.05) is 18.2 Å². The molecule has 1 unspecified atom stereocenters. The van der Waals surface area contributed by atoms with Gasteiger partial charge < -0.3 is 5.32 Å². The summed E-state index contributed by atoms with van der Waals surface area (Å²) in [5.74, 6) is 0.264. The molecule has 1 atom stereocenters. The first-order valence-electron chi connectivity index (χ1n) is 11.9. The van der Waals surface area contributed by atoms with Gasteiger partial charge in [0, 0.05) is 13.0 Å². The predicted octanol–water partition coefficient (Wildman–Crippen LogP) is 5.28. The van der Waals surface area contributed by atoms with Crippen LogP contribution in [0, 0.1) is 5.92 Å². The highest BCUT2D eigenvalue weighted by molar-refractivity contribution is 6.21. The van der Waals surface area contributed by atoms with Crippen molar-refractivity contribution in [1.29, 1.82) is 0 Å². The molecule has 5 heteroatoms. The molecule has 1 heterocycles. The van der Waals surface area contributed by atoms with E-state index >= 15 is 0 Å². The summed E-state index contributed by atoms with van der Waals surface area (Å²) in [5, 5.41) is 3.30. The van der Waals surface area contributed by atoms with Crippen LogP contribution in [-0.4, -0.2) is 29.2 Å². The number of hydrogen-bond donors (Lipinski definition) is 1. The predicted molar refractivity (Wildman–Crippen MR) is 124 cm³/mol. The van der Waals surface area contributed by atoms with Crippen molar-refractivity contribution in [1.82, 2.24) is 10.2 Å². The fourth-order valence-corrected chi connectivity index (χ4v) is 5.02. The van der Waals surface area contributed by atoms with Crippen molar-refractivity contribution < 1.29 is 14.4 Å². The van der Waals surface area contributed by atoms with Crippen LogP contribution in [0.3, 0.4) is 0 Å². The summed E-state index contributed by atoms with van der Waals surface area (Å²) in [6.45, 7) is 0.441. The zero-order valence-electron chi connectivity index (χ0n) is 18.6. The van der Waals surface area contributed by atoms with E-state index in [4.69, 9.17) is 0 Å². The number of amides is 3. The van der Waals surface area contributed by atoms with Crippen molar-refractivity contribution in [3.05, 3.63) is 71.3 Å². The van der Waals surface area contributed by atoms with Crippen molar-refractivity contribution in [3.8, 4) is 0 Å². The van der Waals surface area contributed by atoms with Gasteiger partial charge in [0.25, 0.3) is 11.8 Å². The molecule has 2 aromatic rings. The number of fused-ring (bicyclic) bond motifs is 1.